The molecule has 3 aromatic rings. The van der Waals surface area contributed by atoms with Gasteiger partial charge in [0, 0.05) is 23.6 Å². The number of nitrogens with one attached hydrogen (secondary N) is 3. The number of rotatable bonds is 3. The van der Waals surface area contributed by atoms with Crippen LogP contribution in [0.5, 0.6) is 0 Å². The van der Waals surface area contributed by atoms with Crippen molar-refractivity contribution in [2.45, 2.75) is 26.2 Å². The monoisotopic (exact) mass is 322 g/mol. The molecule has 2 heterocycles. The number of aromatic amines is 2. The van der Waals surface area contributed by atoms with Crippen molar-refractivity contribution >= 4 is 11.6 Å². The van der Waals surface area contributed by atoms with Crippen LogP contribution < -0.4 is 5.32 Å². The Balaban J connectivity index is 1.53. The fourth-order valence-corrected chi connectivity index (χ4v) is 3.22. The van der Waals surface area contributed by atoms with Gasteiger partial charge in [-0.2, -0.15) is 5.10 Å². The van der Waals surface area contributed by atoms with Gasteiger partial charge < -0.3 is 10.3 Å². The highest BCUT2D eigenvalue weighted by atomic mass is 16.1. The van der Waals surface area contributed by atoms with Crippen molar-refractivity contribution in [2.75, 3.05) is 5.32 Å². The minimum absolute atomic E-state index is 0.0277. The van der Waals surface area contributed by atoms with Gasteiger partial charge in [-0.1, -0.05) is 12.1 Å². The third kappa shape index (κ3) is 2.68. The molecule has 0 bridgehead atoms. The molecule has 122 valence electrons. The number of fused-ring (bicyclic) bond motifs is 1. The van der Waals surface area contributed by atoms with Crippen molar-refractivity contribution in [3.05, 3.63) is 47.8 Å². The first-order valence-electron chi connectivity index (χ1n) is 8.00. The molecule has 1 amide bonds. The van der Waals surface area contributed by atoms with Gasteiger partial charge in [0.05, 0.1) is 11.4 Å². The number of benzene rings is 1. The molecule has 0 fully saturated rings. The van der Waals surface area contributed by atoms with Gasteiger partial charge in [-0.05, 0) is 31.9 Å². The van der Waals surface area contributed by atoms with Crippen molar-refractivity contribution in [3.8, 4) is 11.4 Å². The van der Waals surface area contributed by atoms with Crippen LogP contribution in [0.1, 0.15) is 23.6 Å². The summed E-state index contributed by atoms with van der Waals surface area (Å²) in [7, 11) is 0. The number of carbonyl (C=O) groups excluding carboxylic acids is 1. The first kappa shape index (κ1) is 14.6. The molecule has 0 radical (unpaired) electrons. The molecule has 1 aromatic carbocycles. The lowest BCUT2D eigenvalue weighted by atomic mass is 9.89. The first-order valence-corrected chi connectivity index (χ1v) is 8.00. The van der Waals surface area contributed by atoms with Crippen molar-refractivity contribution < 1.29 is 4.79 Å². The van der Waals surface area contributed by atoms with Crippen LogP contribution in [0.2, 0.25) is 0 Å². The molecule has 7 heteroatoms. The van der Waals surface area contributed by atoms with Crippen molar-refractivity contribution in [1.29, 1.82) is 0 Å². The van der Waals surface area contributed by atoms with Gasteiger partial charge in [0.2, 0.25) is 5.91 Å². The second kappa shape index (κ2) is 5.92. The van der Waals surface area contributed by atoms with Gasteiger partial charge >= 0.3 is 0 Å². The topological polar surface area (TPSA) is 99.3 Å². The maximum Gasteiger partial charge on any atom is 0.227 e. The summed E-state index contributed by atoms with van der Waals surface area (Å²) in [5, 5.41) is 9.76. The Morgan fingerprint density at radius 1 is 1.33 bits per heavy atom. The lowest BCUT2D eigenvalue weighted by Crippen LogP contribution is -2.28. The Morgan fingerprint density at radius 3 is 3.04 bits per heavy atom. The average Bonchev–Trinajstić information content (AvgIpc) is 3.22. The standard InChI is InChI=1S/C17H18N6O/c1-10-20-14-7-6-11(8-15(14)21-10)17(24)22-13-5-3-2-4-12(13)16-18-9-19-23-16/h2-5,9,11H,6-8H2,1H3,(H,20,21)(H,22,24)(H,18,19,23). The van der Waals surface area contributed by atoms with Crippen LogP contribution >= 0.6 is 0 Å². The molecule has 24 heavy (non-hydrogen) atoms. The third-order valence-electron chi connectivity index (χ3n) is 4.39. The van der Waals surface area contributed by atoms with E-state index in [1.165, 1.54) is 6.33 Å². The van der Waals surface area contributed by atoms with E-state index in [4.69, 9.17) is 0 Å². The minimum Gasteiger partial charge on any atom is -0.346 e. The Bertz CT molecular complexity index is 867. The van der Waals surface area contributed by atoms with E-state index in [0.717, 1.165) is 41.3 Å². The molecule has 4 rings (SSSR count). The van der Waals surface area contributed by atoms with Gasteiger partial charge in [-0.25, -0.2) is 9.97 Å². The molecule has 1 aliphatic rings. The zero-order valence-electron chi connectivity index (χ0n) is 13.3. The molecule has 2 aromatic heterocycles. The Hall–Kier alpha value is -2.96. The number of nitrogens with zero attached hydrogens (tertiary/aromatic N) is 3. The van der Waals surface area contributed by atoms with E-state index < -0.39 is 0 Å². The van der Waals surface area contributed by atoms with Crippen molar-refractivity contribution in [1.82, 2.24) is 25.1 Å². The first-order chi connectivity index (χ1) is 11.7. The molecule has 7 nitrogen and oxygen atoms in total. The number of aryl methyl sites for hydroxylation is 2. The van der Waals surface area contributed by atoms with Crippen LogP contribution in [-0.2, 0) is 17.6 Å². The lowest BCUT2D eigenvalue weighted by molar-refractivity contribution is -0.120. The van der Waals surface area contributed by atoms with Gasteiger partial charge in [0.25, 0.3) is 0 Å². The Kier molecular flexibility index (Phi) is 3.60. The molecular formula is C17H18N6O. The van der Waals surface area contributed by atoms with E-state index in [1.807, 2.05) is 31.2 Å². The number of H-pyrrole nitrogens is 2. The zero-order chi connectivity index (χ0) is 16.5. The second-order valence-electron chi connectivity index (χ2n) is 6.06. The number of para-hydroxylation sites is 1. The molecule has 3 N–H and O–H groups in total. The number of anilines is 1. The van der Waals surface area contributed by atoms with Gasteiger partial charge in [-0.3, -0.25) is 9.89 Å². The molecule has 1 aliphatic carbocycles. The molecule has 1 unspecified atom stereocenters. The number of carbonyl (C=O) groups is 1. The number of imidazole rings is 1. The highest BCUT2D eigenvalue weighted by molar-refractivity contribution is 5.96. The molecule has 0 saturated carbocycles. The van der Waals surface area contributed by atoms with Gasteiger partial charge in [-0.15, -0.1) is 0 Å². The smallest absolute Gasteiger partial charge is 0.227 e. The normalized spacial score (nSPS) is 16.6. The maximum atomic E-state index is 12.7. The van der Waals surface area contributed by atoms with E-state index in [1.54, 1.807) is 0 Å². The third-order valence-corrected chi connectivity index (χ3v) is 4.39. The second-order valence-corrected chi connectivity index (χ2v) is 6.06. The largest absolute Gasteiger partial charge is 0.346 e. The summed E-state index contributed by atoms with van der Waals surface area (Å²) in [6.45, 7) is 1.95. The van der Waals surface area contributed by atoms with Crippen LogP contribution in [0.15, 0.2) is 30.6 Å². The lowest BCUT2D eigenvalue weighted by Gasteiger charge is -2.21. The molecule has 0 saturated heterocycles. The van der Waals surface area contributed by atoms with Gasteiger partial charge in [0.1, 0.15) is 12.2 Å². The minimum atomic E-state index is -0.0554. The van der Waals surface area contributed by atoms with Crippen LogP contribution in [0.25, 0.3) is 11.4 Å². The van der Waals surface area contributed by atoms with Crippen LogP contribution in [0.4, 0.5) is 5.69 Å². The van der Waals surface area contributed by atoms with E-state index >= 15 is 0 Å². The SMILES string of the molecule is Cc1nc2c([nH]1)CC(C(=O)Nc1ccccc1-c1ncn[nH]1)CC2. The number of aromatic nitrogens is 5. The summed E-state index contributed by atoms with van der Waals surface area (Å²) in [6.07, 6.45) is 3.80. The van der Waals surface area contributed by atoms with Crippen LogP contribution in [0.3, 0.4) is 0 Å². The summed E-state index contributed by atoms with van der Waals surface area (Å²) >= 11 is 0. The maximum absolute atomic E-state index is 12.7. The van der Waals surface area contributed by atoms with Crippen LogP contribution in [0, 0.1) is 12.8 Å². The quantitative estimate of drug-likeness (QED) is 0.688. The fourth-order valence-electron chi connectivity index (χ4n) is 3.22. The summed E-state index contributed by atoms with van der Waals surface area (Å²) in [6, 6.07) is 7.60. The van der Waals surface area contributed by atoms with Crippen LogP contribution in [-0.4, -0.2) is 31.1 Å². The average molecular weight is 322 g/mol. The summed E-state index contributed by atoms with van der Waals surface area (Å²) in [4.78, 5) is 24.6. The highest BCUT2D eigenvalue weighted by Crippen LogP contribution is 2.28. The molecular weight excluding hydrogens is 304 g/mol. The Labute approximate surface area is 138 Å². The number of amides is 1. The molecule has 0 spiro atoms. The zero-order valence-corrected chi connectivity index (χ0v) is 13.3. The number of hydrogen-bond donors (Lipinski definition) is 3. The van der Waals surface area contributed by atoms with E-state index in [2.05, 4.69) is 30.5 Å². The predicted octanol–water partition coefficient (Wildman–Crippen LogP) is 2.25. The number of hydrogen-bond acceptors (Lipinski definition) is 4. The fraction of sp³-hybridized carbons (Fsp3) is 0.294. The summed E-state index contributed by atoms with van der Waals surface area (Å²) in [5.74, 6) is 1.53. The molecule has 1 atom stereocenters. The highest BCUT2D eigenvalue weighted by Gasteiger charge is 2.27. The van der Waals surface area contributed by atoms with Crippen molar-refractivity contribution in [3.63, 3.8) is 0 Å². The van der Waals surface area contributed by atoms with Gasteiger partial charge in [0.15, 0.2) is 5.82 Å². The summed E-state index contributed by atoms with van der Waals surface area (Å²) in [5.41, 5.74) is 3.75. The van der Waals surface area contributed by atoms with Crippen molar-refractivity contribution in [2.24, 2.45) is 5.92 Å². The van der Waals surface area contributed by atoms with E-state index in [0.29, 0.717) is 12.2 Å². The Morgan fingerprint density at radius 2 is 2.21 bits per heavy atom. The van der Waals surface area contributed by atoms with E-state index in [9.17, 15) is 4.79 Å². The van der Waals surface area contributed by atoms with E-state index in [-0.39, 0.29) is 11.8 Å². The molecule has 0 aliphatic heterocycles. The summed E-state index contributed by atoms with van der Waals surface area (Å²) < 4.78 is 0. The predicted molar refractivity (Wildman–Crippen MR) is 89.3 cm³/mol.